The molecule has 0 aliphatic rings. The van der Waals surface area contributed by atoms with Gasteiger partial charge in [0.1, 0.15) is 0 Å². The number of aromatic amines is 2. The number of para-hydroxylation sites is 2. The van der Waals surface area contributed by atoms with E-state index in [0.29, 0.717) is 0 Å². The summed E-state index contributed by atoms with van der Waals surface area (Å²) in [5.41, 5.74) is 4.84. The first-order valence-corrected chi connectivity index (χ1v) is 11.6. The zero-order valence-corrected chi connectivity index (χ0v) is 18.5. The Morgan fingerprint density at radius 2 is 0.647 bits per heavy atom. The molecule has 2 nitrogen and oxygen atoms in total. The number of hydrogen-bond donors (Lipinski definition) is 2. The van der Waals surface area contributed by atoms with Crippen molar-refractivity contribution in [1.82, 2.24) is 9.97 Å². The summed E-state index contributed by atoms with van der Waals surface area (Å²) in [4.78, 5) is 6.94. The molecule has 160 valence electrons. The lowest BCUT2D eigenvalue weighted by Crippen LogP contribution is -1.72. The van der Waals surface area contributed by atoms with Gasteiger partial charge in [0.05, 0.1) is 0 Å². The summed E-state index contributed by atoms with van der Waals surface area (Å²) in [6.45, 7) is 0. The topological polar surface area (TPSA) is 31.6 Å². The maximum atomic E-state index is 3.47. The fraction of sp³-hybridized carbons (Fsp3) is 0. The van der Waals surface area contributed by atoms with Gasteiger partial charge < -0.3 is 9.97 Å². The lowest BCUT2D eigenvalue weighted by atomic mass is 10.1. The van der Waals surface area contributed by atoms with Gasteiger partial charge in [-0.1, -0.05) is 84.9 Å². The zero-order chi connectivity index (χ0) is 22.5. The third kappa shape index (κ3) is 3.04. The highest BCUT2D eigenvalue weighted by Crippen LogP contribution is 2.30. The average Bonchev–Trinajstić information content (AvgIpc) is 3.43. The van der Waals surface area contributed by atoms with Crippen molar-refractivity contribution >= 4 is 65.2 Å². The van der Waals surface area contributed by atoms with Gasteiger partial charge in [0.15, 0.2) is 0 Å². The van der Waals surface area contributed by atoms with Crippen LogP contribution in [0.3, 0.4) is 0 Å². The largest absolute Gasteiger partial charge is 0.354 e. The molecule has 0 spiro atoms. The normalized spacial score (nSPS) is 11.5. The van der Waals surface area contributed by atoms with Crippen molar-refractivity contribution in [2.24, 2.45) is 0 Å². The third-order valence-electron chi connectivity index (χ3n) is 6.74. The van der Waals surface area contributed by atoms with Gasteiger partial charge in [0, 0.05) is 43.6 Å². The number of aromatic nitrogens is 2. The molecular weight excluding hydrogens is 412 g/mol. The molecular formula is C32H22N2. The van der Waals surface area contributed by atoms with Crippen LogP contribution in [0, 0.1) is 0 Å². The summed E-state index contributed by atoms with van der Waals surface area (Å²) in [5.74, 6) is 0. The highest BCUT2D eigenvalue weighted by molar-refractivity contribution is 6.12. The maximum absolute atomic E-state index is 3.47. The maximum Gasteiger partial charge on any atom is 0.0471 e. The molecule has 2 aromatic heterocycles. The standard InChI is InChI=1S/2C16H11N/c2*1-2-6-12-10-16-14(9-11(12)5-1)13-7-3-4-8-15(13)17-16/h2*1-10,17H. The number of nitrogens with one attached hydrogen (secondary N) is 2. The fourth-order valence-electron chi connectivity index (χ4n) is 5.08. The quantitative estimate of drug-likeness (QED) is 0.239. The van der Waals surface area contributed by atoms with Crippen LogP contribution in [-0.4, -0.2) is 9.97 Å². The zero-order valence-electron chi connectivity index (χ0n) is 18.5. The van der Waals surface area contributed by atoms with Crippen LogP contribution in [0.1, 0.15) is 0 Å². The van der Waals surface area contributed by atoms with Gasteiger partial charge >= 0.3 is 0 Å². The molecule has 34 heavy (non-hydrogen) atoms. The Hall–Kier alpha value is -4.56. The molecule has 0 saturated carbocycles. The van der Waals surface area contributed by atoms with E-state index in [2.05, 4.69) is 131 Å². The third-order valence-corrected chi connectivity index (χ3v) is 6.74. The Balaban J connectivity index is 0.000000118. The van der Waals surface area contributed by atoms with Gasteiger partial charge in [0.2, 0.25) is 0 Å². The number of fused-ring (bicyclic) bond motifs is 8. The van der Waals surface area contributed by atoms with Crippen molar-refractivity contribution in [2.45, 2.75) is 0 Å². The van der Waals surface area contributed by atoms with Crippen LogP contribution in [0.25, 0.3) is 65.2 Å². The minimum absolute atomic E-state index is 1.21. The Morgan fingerprint density at radius 1 is 0.294 bits per heavy atom. The van der Waals surface area contributed by atoms with Crippen LogP contribution in [0.4, 0.5) is 0 Å². The van der Waals surface area contributed by atoms with Gasteiger partial charge in [-0.2, -0.15) is 0 Å². The molecule has 2 N–H and O–H groups in total. The van der Waals surface area contributed by atoms with Crippen molar-refractivity contribution < 1.29 is 0 Å². The van der Waals surface area contributed by atoms with Crippen LogP contribution in [0.5, 0.6) is 0 Å². The SMILES string of the molecule is c1ccc2cc3c(cc2c1)[nH]c1ccccc13.c1ccc2cc3c(cc2c1)[nH]c1ccccc13. The van der Waals surface area contributed by atoms with Crippen molar-refractivity contribution in [1.29, 1.82) is 0 Å². The van der Waals surface area contributed by atoms with Crippen LogP contribution >= 0.6 is 0 Å². The second kappa shape index (κ2) is 7.50. The molecule has 0 saturated heterocycles. The summed E-state index contributed by atoms with van der Waals surface area (Å²) < 4.78 is 0. The predicted molar refractivity (Wildman–Crippen MR) is 147 cm³/mol. The van der Waals surface area contributed by atoms with Gasteiger partial charge in [-0.25, -0.2) is 0 Å². The van der Waals surface area contributed by atoms with E-state index < -0.39 is 0 Å². The van der Waals surface area contributed by atoms with Crippen LogP contribution in [-0.2, 0) is 0 Å². The highest BCUT2D eigenvalue weighted by Gasteiger charge is 2.05. The van der Waals surface area contributed by atoms with Gasteiger partial charge in [-0.05, 0) is 57.9 Å². The minimum Gasteiger partial charge on any atom is -0.354 e. The van der Waals surface area contributed by atoms with E-state index in [1.54, 1.807) is 0 Å². The Bertz CT molecular complexity index is 1810. The first-order valence-electron chi connectivity index (χ1n) is 11.6. The predicted octanol–water partition coefficient (Wildman–Crippen LogP) is 8.95. The highest BCUT2D eigenvalue weighted by atomic mass is 14.7. The van der Waals surface area contributed by atoms with E-state index in [0.717, 1.165) is 0 Å². The molecule has 2 heteroatoms. The second-order valence-corrected chi connectivity index (χ2v) is 8.83. The van der Waals surface area contributed by atoms with E-state index >= 15 is 0 Å². The summed E-state index contributed by atoms with van der Waals surface area (Å²) in [6, 6.07) is 42.9. The molecule has 0 radical (unpaired) electrons. The Morgan fingerprint density at radius 3 is 1.09 bits per heavy atom. The molecule has 2 heterocycles. The summed E-state index contributed by atoms with van der Waals surface area (Å²) in [7, 11) is 0. The van der Waals surface area contributed by atoms with Crippen LogP contribution in [0.15, 0.2) is 121 Å². The monoisotopic (exact) mass is 434 g/mol. The molecule has 8 aromatic rings. The molecule has 0 aliphatic carbocycles. The number of hydrogen-bond acceptors (Lipinski definition) is 0. The molecule has 6 aromatic carbocycles. The van der Waals surface area contributed by atoms with E-state index in [4.69, 9.17) is 0 Å². The molecule has 0 atom stereocenters. The minimum atomic E-state index is 1.21. The summed E-state index contributed by atoms with van der Waals surface area (Å²) in [6.07, 6.45) is 0. The van der Waals surface area contributed by atoms with Crippen molar-refractivity contribution in [2.75, 3.05) is 0 Å². The van der Waals surface area contributed by atoms with E-state index in [-0.39, 0.29) is 0 Å². The van der Waals surface area contributed by atoms with Gasteiger partial charge in [-0.3, -0.25) is 0 Å². The summed E-state index contributed by atoms with van der Waals surface area (Å²) in [5, 5.41) is 10.4. The van der Waals surface area contributed by atoms with Crippen LogP contribution < -0.4 is 0 Å². The number of H-pyrrole nitrogens is 2. The summed E-state index contributed by atoms with van der Waals surface area (Å²) >= 11 is 0. The fourth-order valence-corrected chi connectivity index (χ4v) is 5.08. The molecule has 0 bridgehead atoms. The molecule has 0 fully saturated rings. The average molecular weight is 435 g/mol. The lowest BCUT2D eigenvalue weighted by Gasteiger charge is -1.97. The van der Waals surface area contributed by atoms with Crippen molar-refractivity contribution in [3.8, 4) is 0 Å². The van der Waals surface area contributed by atoms with Gasteiger partial charge in [-0.15, -0.1) is 0 Å². The van der Waals surface area contributed by atoms with E-state index in [1.165, 1.54) is 65.2 Å². The smallest absolute Gasteiger partial charge is 0.0471 e. The molecule has 8 rings (SSSR count). The number of rotatable bonds is 0. The van der Waals surface area contributed by atoms with Gasteiger partial charge in [0.25, 0.3) is 0 Å². The molecule has 0 aliphatic heterocycles. The van der Waals surface area contributed by atoms with Crippen LogP contribution in [0.2, 0.25) is 0 Å². The Labute approximate surface area is 196 Å². The molecule has 0 amide bonds. The van der Waals surface area contributed by atoms with E-state index in [9.17, 15) is 0 Å². The first-order chi connectivity index (χ1) is 16.8. The Kier molecular flexibility index (Phi) is 4.18. The second-order valence-electron chi connectivity index (χ2n) is 8.83. The lowest BCUT2D eigenvalue weighted by molar-refractivity contribution is 1.55. The van der Waals surface area contributed by atoms with E-state index in [1.807, 2.05) is 0 Å². The molecule has 0 unspecified atom stereocenters. The number of benzene rings is 6. The van der Waals surface area contributed by atoms with Crippen molar-refractivity contribution in [3.63, 3.8) is 0 Å². The first kappa shape index (κ1) is 19.0. The van der Waals surface area contributed by atoms with Crippen molar-refractivity contribution in [3.05, 3.63) is 121 Å².